The third-order valence-electron chi connectivity index (χ3n) is 4.69. The van der Waals surface area contributed by atoms with E-state index in [-0.39, 0.29) is 11.9 Å². The lowest BCUT2D eigenvalue weighted by molar-refractivity contribution is 0.0966. The highest BCUT2D eigenvalue weighted by Crippen LogP contribution is 2.31. The summed E-state index contributed by atoms with van der Waals surface area (Å²) < 4.78 is 10.7. The van der Waals surface area contributed by atoms with Gasteiger partial charge in [0.2, 0.25) is 0 Å². The van der Waals surface area contributed by atoms with Crippen LogP contribution in [0.3, 0.4) is 0 Å². The Balaban J connectivity index is 1.99. The Bertz CT molecular complexity index is 712. The van der Waals surface area contributed by atoms with Gasteiger partial charge in [0.25, 0.3) is 5.91 Å². The topological polar surface area (TPSA) is 51.7 Å². The highest BCUT2D eigenvalue weighted by Gasteiger charge is 2.30. The van der Waals surface area contributed by atoms with Crippen molar-refractivity contribution in [3.05, 3.63) is 48.2 Å². The Hall–Kier alpha value is -2.56. The number of hydrogen-bond acceptors (Lipinski definition) is 4. The molecule has 25 heavy (non-hydrogen) atoms. The van der Waals surface area contributed by atoms with Gasteiger partial charge in [-0.25, -0.2) is 4.98 Å². The summed E-state index contributed by atoms with van der Waals surface area (Å²) in [6, 6.07) is 11.1. The Morgan fingerprint density at radius 2 is 1.88 bits per heavy atom. The average molecular weight is 340 g/mol. The lowest BCUT2D eigenvalue weighted by Gasteiger charge is -2.34. The van der Waals surface area contributed by atoms with Crippen molar-refractivity contribution in [3.8, 4) is 11.5 Å². The summed E-state index contributed by atoms with van der Waals surface area (Å²) in [5, 5.41) is 0. The summed E-state index contributed by atoms with van der Waals surface area (Å²) >= 11 is 0. The molecule has 1 heterocycles. The quantitative estimate of drug-likeness (QED) is 0.823. The van der Waals surface area contributed by atoms with E-state index < -0.39 is 0 Å². The molecule has 2 aromatic rings. The molecule has 0 unspecified atom stereocenters. The smallest absolute Gasteiger partial charge is 0.263 e. The van der Waals surface area contributed by atoms with Crippen molar-refractivity contribution in [1.29, 1.82) is 0 Å². The maximum Gasteiger partial charge on any atom is 0.263 e. The van der Waals surface area contributed by atoms with Crippen LogP contribution < -0.4 is 14.4 Å². The van der Waals surface area contributed by atoms with Gasteiger partial charge in [0, 0.05) is 18.3 Å². The zero-order chi connectivity index (χ0) is 17.6. The van der Waals surface area contributed by atoms with Crippen molar-refractivity contribution >= 4 is 11.7 Å². The molecule has 1 fully saturated rings. The summed E-state index contributed by atoms with van der Waals surface area (Å²) in [4.78, 5) is 19.7. The van der Waals surface area contributed by atoms with Gasteiger partial charge in [0.1, 0.15) is 17.3 Å². The molecule has 1 saturated carbocycles. The lowest BCUT2D eigenvalue weighted by Crippen LogP contribution is -2.42. The number of amides is 1. The number of anilines is 1. The van der Waals surface area contributed by atoms with Crippen LogP contribution in [-0.2, 0) is 0 Å². The molecule has 132 valence electrons. The molecule has 1 aliphatic rings. The zero-order valence-electron chi connectivity index (χ0n) is 14.8. The Morgan fingerprint density at radius 1 is 1.08 bits per heavy atom. The normalized spacial score (nSPS) is 14.8. The van der Waals surface area contributed by atoms with Gasteiger partial charge in [-0.05, 0) is 37.1 Å². The molecule has 1 aliphatic carbocycles. The maximum atomic E-state index is 13.4. The van der Waals surface area contributed by atoms with Gasteiger partial charge in [-0.1, -0.05) is 25.3 Å². The number of nitrogens with zero attached hydrogens (tertiary/aromatic N) is 2. The van der Waals surface area contributed by atoms with Gasteiger partial charge in [-0.15, -0.1) is 0 Å². The third kappa shape index (κ3) is 3.76. The van der Waals surface area contributed by atoms with E-state index >= 15 is 0 Å². The average Bonchev–Trinajstić information content (AvgIpc) is 2.69. The predicted molar refractivity (Wildman–Crippen MR) is 97.5 cm³/mol. The molecule has 0 spiro atoms. The molecule has 0 aliphatic heterocycles. The van der Waals surface area contributed by atoms with E-state index in [2.05, 4.69) is 4.98 Å². The van der Waals surface area contributed by atoms with E-state index in [4.69, 9.17) is 9.47 Å². The molecule has 1 aromatic carbocycles. The van der Waals surface area contributed by atoms with Crippen LogP contribution >= 0.6 is 0 Å². The highest BCUT2D eigenvalue weighted by atomic mass is 16.5. The first-order valence-electron chi connectivity index (χ1n) is 8.71. The molecule has 5 heteroatoms. The number of carbonyl (C=O) groups is 1. The second-order valence-electron chi connectivity index (χ2n) is 6.22. The van der Waals surface area contributed by atoms with Crippen molar-refractivity contribution in [3.63, 3.8) is 0 Å². The monoisotopic (exact) mass is 340 g/mol. The van der Waals surface area contributed by atoms with Crippen LogP contribution in [0.2, 0.25) is 0 Å². The predicted octanol–water partition coefficient (Wildman–Crippen LogP) is 4.08. The Morgan fingerprint density at radius 3 is 2.52 bits per heavy atom. The van der Waals surface area contributed by atoms with Gasteiger partial charge in [0.05, 0.1) is 19.8 Å². The van der Waals surface area contributed by atoms with Crippen LogP contribution in [0.1, 0.15) is 42.5 Å². The fourth-order valence-electron chi connectivity index (χ4n) is 3.40. The van der Waals surface area contributed by atoms with Gasteiger partial charge >= 0.3 is 0 Å². The molecular weight excluding hydrogens is 316 g/mol. The summed E-state index contributed by atoms with van der Waals surface area (Å²) in [5.41, 5.74) is 0.527. The van der Waals surface area contributed by atoms with Crippen molar-refractivity contribution in [1.82, 2.24) is 4.98 Å². The fraction of sp³-hybridized carbons (Fsp3) is 0.400. The molecule has 0 N–H and O–H groups in total. The van der Waals surface area contributed by atoms with Gasteiger partial charge in [-0.2, -0.15) is 0 Å². The second-order valence-corrected chi connectivity index (χ2v) is 6.22. The van der Waals surface area contributed by atoms with Crippen molar-refractivity contribution in [2.24, 2.45) is 0 Å². The van der Waals surface area contributed by atoms with E-state index in [9.17, 15) is 4.79 Å². The second kappa shape index (κ2) is 8.01. The van der Waals surface area contributed by atoms with Gasteiger partial charge in [0.15, 0.2) is 0 Å². The van der Waals surface area contributed by atoms with E-state index in [1.807, 2.05) is 23.1 Å². The number of carbonyl (C=O) groups excluding carboxylic acids is 1. The maximum absolute atomic E-state index is 13.4. The molecule has 0 radical (unpaired) electrons. The highest BCUT2D eigenvalue weighted by molar-refractivity contribution is 6.08. The summed E-state index contributed by atoms with van der Waals surface area (Å²) in [7, 11) is 3.16. The number of hydrogen-bond donors (Lipinski definition) is 0. The Kier molecular flexibility index (Phi) is 5.53. The molecule has 1 aromatic heterocycles. The van der Waals surface area contributed by atoms with Crippen LogP contribution in [0.25, 0.3) is 0 Å². The van der Waals surface area contributed by atoms with Gasteiger partial charge < -0.3 is 9.47 Å². The summed E-state index contributed by atoms with van der Waals surface area (Å²) in [6.07, 6.45) is 7.24. The number of pyridine rings is 1. The van der Waals surface area contributed by atoms with Crippen LogP contribution in [-0.4, -0.2) is 31.2 Å². The van der Waals surface area contributed by atoms with E-state index in [0.717, 1.165) is 25.7 Å². The number of benzene rings is 1. The van der Waals surface area contributed by atoms with Gasteiger partial charge in [-0.3, -0.25) is 9.69 Å². The fourth-order valence-corrected chi connectivity index (χ4v) is 3.40. The van der Waals surface area contributed by atoms with E-state index in [1.54, 1.807) is 38.6 Å². The molecular formula is C20H24N2O3. The molecule has 0 bridgehead atoms. The zero-order valence-corrected chi connectivity index (χ0v) is 14.8. The lowest BCUT2D eigenvalue weighted by atomic mass is 9.93. The molecule has 3 rings (SSSR count). The van der Waals surface area contributed by atoms with Crippen LogP contribution in [0.4, 0.5) is 5.82 Å². The van der Waals surface area contributed by atoms with E-state index in [0.29, 0.717) is 22.9 Å². The van der Waals surface area contributed by atoms with Crippen molar-refractivity contribution in [2.75, 3.05) is 19.1 Å². The largest absolute Gasteiger partial charge is 0.497 e. The molecule has 5 nitrogen and oxygen atoms in total. The summed E-state index contributed by atoms with van der Waals surface area (Å²) in [5.74, 6) is 1.79. The molecule has 0 saturated heterocycles. The van der Waals surface area contributed by atoms with Crippen LogP contribution in [0.15, 0.2) is 42.6 Å². The Labute approximate surface area is 148 Å². The van der Waals surface area contributed by atoms with Crippen molar-refractivity contribution in [2.45, 2.75) is 38.1 Å². The third-order valence-corrected chi connectivity index (χ3v) is 4.69. The first-order valence-corrected chi connectivity index (χ1v) is 8.71. The van der Waals surface area contributed by atoms with Crippen molar-refractivity contribution < 1.29 is 14.3 Å². The number of rotatable bonds is 5. The minimum atomic E-state index is -0.0786. The minimum Gasteiger partial charge on any atom is -0.497 e. The van der Waals surface area contributed by atoms with Crippen LogP contribution in [0.5, 0.6) is 11.5 Å². The van der Waals surface area contributed by atoms with E-state index in [1.165, 1.54) is 6.42 Å². The first kappa shape index (κ1) is 17.3. The summed E-state index contributed by atoms with van der Waals surface area (Å²) in [6.45, 7) is 0. The standard InChI is InChI=1S/C20H24N2O3/c1-24-16-11-12-17(18(14-16)25-2)20(23)22(15-8-4-3-5-9-15)19-10-6-7-13-21-19/h6-7,10-15H,3-5,8-9H2,1-2H3. The number of aromatic nitrogens is 1. The molecule has 1 amide bonds. The molecule has 0 atom stereocenters. The van der Waals surface area contributed by atoms with Crippen LogP contribution in [0, 0.1) is 0 Å². The number of methoxy groups -OCH3 is 2. The number of ether oxygens (including phenoxy) is 2. The first-order chi connectivity index (χ1) is 12.2. The minimum absolute atomic E-state index is 0.0786. The SMILES string of the molecule is COc1ccc(C(=O)N(c2ccccn2)C2CCCCC2)c(OC)c1.